The normalized spacial score (nSPS) is 39.9. The van der Waals surface area contributed by atoms with Gasteiger partial charge in [0.2, 0.25) is 0 Å². The monoisotopic (exact) mass is 223 g/mol. The summed E-state index contributed by atoms with van der Waals surface area (Å²) in [5, 5.41) is 6.10. The zero-order chi connectivity index (χ0) is 12.0. The van der Waals surface area contributed by atoms with Crippen molar-refractivity contribution in [3.8, 4) is 0 Å². The maximum atomic E-state index is 12.1. The number of hydrogen-bond donors (Lipinski definition) is 2. The summed E-state index contributed by atoms with van der Waals surface area (Å²) >= 11 is 0. The Morgan fingerprint density at radius 1 is 1.38 bits per heavy atom. The van der Waals surface area contributed by atoms with Crippen molar-refractivity contribution in [1.82, 2.24) is 10.6 Å². The van der Waals surface area contributed by atoms with Crippen molar-refractivity contribution in [2.75, 3.05) is 7.05 Å². The third kappa shape index (κ3) is 1.60. The summed E-state index contributed by atoms with van der Waals surface area (Å²) in [6.07, 6.45) is 3.05. The Kier molecular flexibility index (Phi) is 2.48. The van der Waals surface area contributed by atoms with Gasteiger partial charge in [0, 0.05) is 7.05 Å². The SMILES string of the molecule is CN=C1NC(=O)C2(CCC(C)(C)CC2C)N1. The average molecular weight is 223 g/mol. The van der Waals surface area contributed by atoms with Crippen molar-refractivity contribution >= 4 is 11.9 Å². The standard InChI is InChI=1S/C12H21N3O/c1-8-7-11(2,3)5-6-12(8)9(16)14-10(13-4)15-12/h8H,5-7H2,1-4H3,(H2,13,14,15,16). The van der Waals surface area contributed by atoms with E-state index < -0.39 is 5.54 Å². The minimum absolute atomic E-state index is 0.0936. The molecule has 1 amide bonds. The molecule has 0 aromatic rings. The molecule has 2 fully saturated rings. The molecule has 2 atom stereocenters. The molecule has 1 saturated heterocycles. The van der Waals surface area contributed by atoms with Gasteiger partial charge in [-0.1, -0.05) is 20.8 Å². The van der Waals surface area contributed by atoms with Crippen LogP contribution in [0.5, 0.6) is 0 Å². The molecule has 90 valence electrons. The highest BCUT2D eigenvalue weighted by molar-refractivity contribution is 6.09. The first kappa shape index (κ1) is 11.4. The summed E-state index contributed by atoms with van der Waals surface area (Å²) < 4.78 is 0. The van der Waals surface area contributed by atoms with Crippen molar-refractivity contribution in [2.24, 2.45) is 16.3 Å². The number of rotatable bonds is 0. The molecule has 4 nitrogen and oxygen atoms in total. The highest BCUT2D eigenvalue weighted by Crippen LogP contribution is 2.44. The van der Waals surface area contributed by atoms with Gasteiger partial charge >= 0.3 is 0 Å². The van der Waals surface area contributed by atoms with Gasteiger partial charge in [-0.05, 0) is 30.6 Å². The van der Waals surface area contributed by atoms with Gasteiger partial charge in [-0.2, -0.15) is 0 Å². The number of carbonyl (C=O) groups excluding carboxylic acids is 1. The molecule has 2 aliphatic rings. The van der Waals surface area contributed by atoms with E-state index in [0.29, 0.717) is 17.3 Å². The van der Waals surface area contributed by atoms with Crippen LogP contribution in [0.3, 0.4) is 0 Å². The summed E-state index contributed by atoms with van der Waals surface area (Å²) in [5.74, 6) is 1.06. The van der Waals surface area contributed by atoms with Crippen LogP contribution >= 0.6 is 0 Å². The molecule has 0 aromatic carbocycles. The van der Waals surface area contributed by atoms with Crippen LogP contribution < -0.4 is 10.6 Å². The average Bonchev–Trinajstić information content (AvgIpc) is 2.51. The predicted molar refractivity (Wildman–Crippen MR) is 64.2 cm³/mol. The van der Waals surface area contributed by atoms with E-state index in [0.717, 1.165) is 19.3 Å². The van der Waals surface area contributed by atoms with Crippen molar-refractivity contribution in [3.63, 3.8) is 0 Å². The topological polar surface area (TPSA) is 53.5 Å². The fraction of sp³-hybridized carbons (Fsp3) is 0.833. The minimum Gasteiger partial charge on any atom is -0.341 e. The van der Waals surface area contributed by atoms with E-state index in [9.17, 15) is 4.79 Å². The molecular weight excluding hydrogens is 202 g/mol. The lowest BCUT2D eigenvalue weighted by atomic mass is 9.64. The summed E-state index contributed by atoms with van der Waals surface area (Å²) in [6.45, 7) is 6.71. The Hall–Kier alpha value is -1.06. The van der Waals surface area contributed by atoms with Crippen LogP contribution in [0, 0.1) is 11.3 Å². The molecule has 2 unspecified atom stereocenters. The molecule has 0 radical (unpaired) electrons. The fourth-order valence-corrected chi connectivity index (χ4v) is 3.04. The smallest absolute Gasteiger partial charge is 0.252 e. The van der Waals surface area contributed by atoms with Gasteiger partial charge in [-0.25, -0.2) is 0 Å². The lowest BCUT2D eigenvalue weighted by Crippen LogP contribution is -2.56. The summed E-state index contributed by atoms with van der Waals surface area (Å²) in [7, 11) is 1.69. The van der Waals surface area contributed by atoms with Crippen LogP contribution in [-0.4, -0.2) is 24.5 Å². The van der Waals surface area contributed by atoms with Gasteiger partial charge in [0.1, 0.15) is 5.54 Å². The van der Waals surface area contributed by atoms with E-state index >= 15 is 0 Å². The van der Waals surface area contributed by atoms with Gasteiger partial charge in [0.15, 0.2) is 5.96 Å². The van der Waals surface area contributed by atoms with Crippen molar-refractivity contribution in [3.05, 3.63) is 0 Å². The molecule has 1 spiro atoms. The number of aliphatic imine (C=N–C) groups is 1. The molecule has 0 aromatic heterocycles. The first-order valence-corrected chi connectivity index (χ1v) is 5.96. The molecule has 1 aliphatic carbocycles. The molecule has 1 aliphatic heterocycles. The number of amides is 1. The third-order valence-electron chi connectivity index (χ3n) is 4.10. The van der Waals surface area contributed by atoms with Crippen LogP contribution in [0.1, 0.15) is 40.0 Å². The largest absolute Gasteiger partial charge is 0.341 e. The predicted octanol–water partition coefficient (Wildman–Crippen LogP) is 1.28. The maximum absolute atomic E-state index is 12.1. The fourth-order valence-electron chi connectivity index (χ4n) is 3.04. The van der Waals surface area contributed by atoms with E-state index in [1.165, 1.54) is 0 Å². The Balaban J connectivity index is 2.24. The zero-order valence-electron chi connectivity index (χ0n) is 10.6. The Bertz CT molecular complexity index is 348. The lowest BCUT2D eigenvalue weighted by Gasteiger charge is -2.44. The lowest BCUT2D eigenvalue weighted by molar-refractivity contribution is -0.128. The number of guanidine groups is 1. The first-order valence-electron chi connectivity index (χ1n) is 5.96. The van der Waals surface area contributed by atoms with Crippen LogP contribution in [0.15, 0.2) is 4.99 Å². The molecule has 1 saturated carbocycles. The van der Waals surface area contributed by atoms with Crippen molar-refractivity contribution in [2.45, 2.75) is 45.6 Å². The first-order chi connectivity index (χ1) is 7.39. The molecule has 2 rings (SSSR count). The summed E-state index contributed by atoms with van der Waals surface area (Å²) in [6, 6.07) is 0. The number of carbonyl (C=O) groups is 1. The van der Waals surface area contributed by atoms with Crippen LogP contribution in [0.4, 0.5) is 0 Å². The Morgan fingerprint density at radius 2 is 2.06 bits per heavy atom. The van der Waals surface area contributed by atoms with Gasteiger partial charge in [-0.15, -0.1) is 0 Å². The van der Waals surface area contributed by atoms with Crippen LogP contribution in [0.25, 0.3) is 0 Å². The quantitative estimate of drug-likeness (QED) is 0.650. The molecule has 0 bridgehead atoms. The molecular formula is C12H21N3O. The van der Waals surface area contributed by atoms with Gasteiger partial charge in [-0.3, -0.25) is 15.1 Å². The third-order valence-corrected chi connectivity index (χ3v) is 4.10. The maximum Gasteiger partial charge on any atom is 0.252 e. The second kappa shape index (κ2) is 3.47. The van der Waals surface area contributed by atoms with Gasteiger partial charge < -0.3 is 5.32 Å². The van der Waals surface area contributed by atoms with Crippen molar-refractivity contribution in [1.29, 1.82) is 0 Å². The van der Waals surface area contributed by atoms with Crippen molar-refractivity contribution < 1.29 is 4.79 Å². The second-order valence-corrected chi connectivity index (χ2v) is 5.89. The number of nitrogens with zero attached hydrogens (tertiary/aromatic N) is 1. The van der Waals surface area contributed by atoms with Crippen LogP contribution in [0.2, 0.25) is 0 Å². The van der Waals surface area contributed by atoms with Gasteiger partial charge in [0.25, 0.3) is 5.91 Å². The van der Waals surface area contributed by atoms with E-state index in [1.807, 2.05) is 0 Å². The van der Waals surface area contributed by atoms with E-state index in [2.05, 4.69) is 36.4 Å². The van der Waals surface area contributed by atoms with E-state index in [4.69, 9.17) is 0 Å². The summed E-state index contributed by atoms with van der Waals surface area (Å²) in [4.78, 5) is 16.1. The zero-order valence-corrected chi connectivity index (χ0v) is 10.6. The number of hydrogen-bond acceptors (Lipinski definition) is 2. The van der Waals surface area contributed by atoms with E-state index in [-0.39, 0.29) is 5.91 Å². The highest BCUT2D eigenvalue weighted by Gasteiger charge is 2.52. The number of nitrogens with one attached hydrogen (secondary N) is 2. The molecule has 16 heavy (non-hydrogen) atoms. The minimum atomic E-state index is -0.412. The Labute approximate surface area is 96.9 Å². The van der Waals surface area contributed by atoms with Crippen LogP contribution in [-0.2, 0) is 4.79 Å². The second-order valence-electron chi connectivity index (χ2n) is 5.89. The molecule has 4 heteroatoms. The molecule has 2 N–H and O–H groups in total. The Morgan fingerprint density at radius 3 is 2.56 bits per heavy atom. The summed E-state index contributed by atoms with van der Waals surface area (Å²) in [5.41, 5.74) is -0.0664. The van der Waals surface area contributed by atoms with E-state index in [1.54, 1.807) is 7.05 Å². The molecule has 1 heterocycles. The van der Waals surface area contributed by atoms with Gasteiger partial charge in [0.05, 0.1) is 0 Å². The highest BCUT2D eigenvalue weighted by atomic mass is 16.2.